The molecule has 2 saturated heterocycles. The SMILES string of the molecule is NC(=O)c1cc(C23[B]C(CCC2)CCC3)c2c(n1)CCCC2. The van der Waals surface area contributed by atoms with Gasteiger partial charge in [-0.1, -0.05) is 44.3 Å². The van der Waals surface area contributed by atoms with Gasteiger partial charge in [0.1, 0.15) is 13.0 Å². The number of nitrogens with two attached hydrogens (primary N) is 1. The molecule has 2 fully saturated rings. The Morgan fingerprint density at radius 2 is 1.91 bits per heavy atom. The van der Waals surface area contributed by atoms with Crippen molar-refractivity contribution >= 4 is 13.2 Å². The van der Waals surface area contributed by atoms with Crippen molar-refractivity contribution in [3.05, 3.63) is 28.6 Å². The van der Waals surface area contributed by atoms with Gasteiger partial charge in [0.15, 0.2) is 0 Å². The second-order valence-electron chi connectivity index (χ2n) is 7.42. The van der Waals surface area contributed by atoms with Gasteiger partial charge in [-0.25, -0.2) is 4.98 Å². The minimum Gasteiger partial charge on any atom is -0.364 e. The van der Waals surface area contributed by atoms with Crippen LogP contribution in [0.1, 0.15) is 78.7 Å². The van der Waals surface area contributed by atoms with E-state index in [1.807, 2.05) is 6.07 Å². The number of aromatic nitrogens is 1. The Kier molecular flexibility index (Phi) is 3.51. The van der Waals surface area contributed by atoms with Gasteiger partial charge in [-0.15, -0.1) is 0 Å². The van der Waals surface area contributed by atoms with Gasteiger partial charge in [-0.05, 0) is 48.2 Å². The zero-order chi connectivity index (χ0) is 15.2. The minimum absolute atomic E-state index is 0.190. The summed E-state index contributed by atoms with van der Waals surface area (Å²) in [5.74, 6) is 0.390. The zero-order valence-electron chi connectivity index (χ0n) is 13.2. The van der Waals surface area contributed by atoms with E-state index in [0.717, 1.165) is 24.4 Å². The van der Waals surface area contributed by atoms with Gasteiger partial charge in [-0.2, -0.15) is 0 Å². The summed E-state index contributed by atoms with van der Waals surface area (Å²) in [6, 6.07) is 2.04. The summed E-state index contributed by atoms with van der Waals surface area (Å²) in [5, 5.41) is 0.190. The van der Waals surface area contributed by atoms with Gasteiger partial charge in [0.2, 0.25) is 0 Å². The zero-order valence-corrected chi connectivity index (χ0v) is 13.2. The van der Waals surface area contributed by atoms with E-state index < -0.39 is 0 Å². The van der Waals surface area contributed by atoms with Gasteiger partial charge in [0, 0.05) is 5.69 Å². The Morgan fingerprint density at radius 3 is 2.64 bits per heavy atom. The third-order valence-corrected chi connectivity index (χ3v) is 6.04. The highest BCUT2D eigenvalue weighted by Gasteiger charge is 2.43. The predicted octanol–water partition coefficient (Wildman–Crippen LogP) is 3.12. The van der Waals surface area contributed by atoms with E-state index in [1.165, 1.54) is 62.5 Å². The molecule has 4 heteroatoms. The monoisotopic (exact) mass is 295 g/mol. The van der Waals surface area contributed by atoms with Crippen molar-refractivity contribution in [1.29, 1.82) is 0 Å². The molecule has 115 valence electrons. The van der Waals surface area contributed by atoms with Crippen molar-refractivity contribution < 1.29 is 4.79 Å². The molecular weight excluding hydrogens is 271 g/mol. The number of nitrogens with zero attached hydrogens (tertiary/aromatic N) is 1. The number of rotatable bonds is 2. The normalized spacial score (nSPS) is 30.3. The van der Waals surface area contributed by atoms with Crippen LogP contribution in [0.25, 0.3) is 0 Å². The number of fused-ring (bicyclic) bond motifs is 3. The molecule has 1 amide bonds. The topological polar surface area (TPSA) is 56.0 Å². The molecule has 1 radical (unpaired) electrons. The highest BCUT2D eigenvalue weighted by atomic mass is 16.1. The Labute approximate surface area is 133 Å². The van der Waals surface area contributed by atoms with Crippen LogP contribution >= 0.6 is 0 Å². The van der Waals surface area contributed by atoms with Crippen LogP contribution in [0.3, 0.4) is 0 Å². The first-order chi connectivity index (χ1) is 10.7. The third-order valence-electron chi connectivity index (χ3n) is 6.04. The molecule has 4 rings (SSSR count). The second-order valence-corrected chi connectivity index (χ2v) is 7.42. The van der Waals surface area contributed by atoms with Crippen LogP contribution in [0.5, 0.6) is 0 Å². The Hall–Kier alpha value is -1.32. The lowest BCUT2D eigenvalue weighted by molar-refractivity contribution is 0.0995. The van der Waals surface area contributed by atoms with E-state index in [4.69, 9.17) is 5.73 Å². The van der Waals surface area contributed by atoms with Gasteiger partial charge >= 0.3 is 0 Å². The molecule has 3 nitrogen and oxygen atoms in total. The Balaban J connectivity index is 1.85. The average molecular weight is 295 g/mol. The summed E-state index contributed by atoms with van der Waals surface area (Å²) in [6.45, 7) is 0. The van der Waals surface area contributed by atoms with Crippen LogP contribution in [-0.2, 0) is 18.2 Å². The predicted molar refractivity (Wildman–Crippen MR) is 88.3 cm³/mol. The molecule has 0 spiro atoms. The number of hydrogen-bond donors (Lipinski definition) is 1. The molecule has 0 atom stereocenters. The summed E-state index contributed by atoms with van der Waals surface area (Å²) in [5.41, 5.74) is 10.0. The maximum Gasteiger partial charge on any atom is 0.267 e. The fourth-order valence-electron chi connectivity index (χ4n) is 5.05. The first-order valence-corrected chi connectivity index (χ1v) is 8.87. The summed E-state index contributed by atoms with van der Waals surface area (Å²) in [6.07, 6.45) is 12.3. The van der Waals surface area contributed by atoms with Gasteiger partial charge in [0.25, 0.3) is 5.91 Å². The second kappa shape index (κ2) is 5.40. The lowest BCUT2D eigenvalue weighted by atomic mass is 9.34. The van der Waals surface area contributed by atoms with Crippen LogP contribution in [0.2, 0.25) is 5.82 Å². The molecule has 1 aromatic rings. The van der Waals surface area contributed by atoms with E-state index in [-0.39, 0.29) is 11.2 Å². The first kappa shape index (κ1) is 14.3. The third kappa shape index (κ3) is 2.27. The summed E-state index contributed by atoms with van der Waals surface area (Å²) in [4.78, 5) is 16.3. The number of pyridine rings is 1. The molecule has 0 saturated carbocycles. The van der Waals surface area contributed by atoms with E-state index in [9.17, 15) is 4.79 Å². The van der Waals surface area contributed by atoms with Crippen molar-refractivity contribution in [1.82, 2.24) is 4.98 Å². The number of amides is 1. The van der Waals surface area contributed by atoms with E-state index in [0.29, 0.717) is 5.69 Å². The maximum atomic E-state index is 11.7. The fraction of sp³-hybridized carbons (Fsp3) is 0.667. The van der Waals surface area contributed by atoms with Crippen molar-refractivity contribution in [2.45, 2.75) is 75.3 Å². The number of hydrogen-bond acceptors (Lipinski definition) is 2. The molecule has 2 N–H and O–H groups in total. The summed E-state index contributed by atoms with van der Waals surface area (Å²) >= 11 is 0. The van der Waals surface area contributed by atoms with Crippen molar-refractivity contribution in [3.8, 4) is 0 Å². The molecule has 2 bridgehead atoms. The van der Waals surface area contributed by atoms with Crippen molar-refractivity contribution in [2.24, 2.45) is 5.73 Å². The van der Waals surface area contributed by atoms with Crippen molar-refractivity contribution in [3.63, 3.8) is 0 Å². The molecule has 3 heterocycles. The average Bonchev–Trinajstić information content (AvgIpc) is 2.54. The number of aryl methyl sites for hydroxylation is 1. The van der Waals surface area contributed by atoms with E-state index in [2.05, 4.69) is 12.3 Å². The smallest absolute Gasteiger partial charge is 0.267 e. The van der Waals surface area contributed by atoms with Crippen LogP contribution < -0.4 is 5.73 Å². The van der Waals surface area contributed by atoms with E-state index in [1.54, 1.807) is 0 Å². The van der Waals surface area contributed by atoms with Gasteiger partial charge < -0.3 is 5.73 Å². The minimum atomic E-state index is -0.380. The number of carbonyl (C=O) groups is 1. The highest BCUT2D eigenvalue weighted by Crippen LogP contribution is 2.49. The molecule has 1 aromatic heterocycles. The molecule has 1 aliphatic carbocycles. The molecule has 22 heavy (non-hydrogen) atoms. The van der Waals surface area contributed by atoms with Crippen LogP contribution in [0.15, 0.2) is 6.07 Å². The summed E-state index contributed by atoms with van der Waals surface area (Å²) in [7, 11) is 2.62. The highest BCUT2D eigenvalue weighted by molar-refractivity contribution is 6.43. The Morgan fingerprint density at radius 1 is 1.18 bits per heavy atom. The van der Waals surface area contributed by atoms with Crippen molar-refractivity contribution in [2.75, 3.05) is 0 Å². The lowest BCUT2D eigenvalue weighted by Crippen LogP contribution is -2.43. The molecule has 0 unspecified atom stereocenters. The quantitative estimate of drug-likeness (QED) is 0.852. The maximum absolute atomic E-state index is 11.7. The standard InChI is InChI=1S/C18H24BN2O/c20-17(22)16-11-14(13-7-1-2-8-15(13)21-16)18-9-3-5-12(19-18)6-4-10-18/h11-12H,1-10H2,(H2,20,22). The van der Waals surface area contributed by atoms with Crippen LogP contribution in [0.4, 0.5) is 0 Å². The molecule has 3 aliphatic rings. The largest absolute Gasteiger partial charge is 0.364 e. The first-order valence-electron chi connectivity index (χ1n) is 8.87. The summed E-state index contributed by atoms with van der Waals surface area (Å²) < 4.78 is 0. The van der Waals surface area contributed by atoms with E-state index >= 15 is 0 Å². The molecular formula is C18H24BN2O. The lowest BCUT2D eigenvalue weighted by Gasteiger charge is -2.46. The molecule has 2 aliphatic heterocycles. The van der Waals surface area contributed by atoms with Gasteiger partial charge in [0.05, 0.1) is 0 Å². The Bertz CT molecular complexity index is 603. The van der Waals surface area contributed by atoms with Gasteiger partial charge in [-0.3, -0.25) is 4.79 Å². The fourth-order valence-corrected chi connectivity index (χ4v) is 5.05. The molecule has 0 aromatic carbocycles. The van der Waals surface area contributed by atoms with Crippen LogP contribution in [-0.4, -0.2) is 18.2 Å². The number of carbonyl (C=O) groups excluding carboxylic acids is 1. The number of primary amides is 1. The van der Waals surface area contributed by atoms with Crippen LogP contribution in [0, 0.1) is 0 Å².